The zero-order valence-corrected chi connectivity index (χ0v) is 19.0. The van der Waals surface area contributed by atoms with Crippen LogP contribution in [-0.2, 0) is 25.0 Å². The van der Waals surface area contributed by atoms with Gasteiger partial charge in [-0.1, -0.05) is 36.4 Å². The van der Waals surface area contributed by atoms with Crippen molar-refractivity contribution in [3.05, 3.63) is 100 Å². The Bertz CT molecular complexity index is 1470. The highest BCUT2D eigenvalue weighted by Crippen LogP contribution is 2.42. The van der Waals surface area contributed by atoms with Crippen molar-refractivity contribution in [3.8, 4) is 5.69 Å². The average Bonchev–Trinajstić information content (AvgIpc) is 3.13. The van der Waals surface area contributed by atoms with E-state index < -0.39 is 15.6 Å². The lowest BCUT2D eigenvalue weighted by Gasteiger charge is -2.34. The van der Waals surface area contributed by atoms with Gasteiger partial charge in [0.1, 0.15) is 17.1 Å². The monoisotopic (exact) mass is 460 g/mol. The molecule has 2 unspecified atom stereocenters. The van der Waals surface area contributed by atoms with E-state index >= 15 is 0 Å². The number of aromatic nitrogens is 1. The zero-order chi connectivity index (χ0) is 23.0. The summed E-state index contributed by atoms with van der Waals surface area (Å²) in [7, 11) is -3.80. The second-order valence-corrected chi connectivity index (χ2v) is 11.0. The molecule has 2 aromatic carbocycles. The lowest BCUT2D eigenvalue weighted by molar-refractivity contribution is -0.600. The van der Waals surface area contributed by atoms with Gasteiger partial charge in [0.15, 0.2) is 11.9 Å². The van der Waals surface area contributed by atoms with Crippen molar-refractivity contribution in [2.24, 2.45) is 0 Å². The molecular formula is C26H22NO5S+. The highest BCUT2D eigenvalue weighted by Gasteiger charge is 2.46. The van der Waals surface area contributed by atoms with Gasteiger partial charge in [0.25, 0.3) is 0 Å². The van der Waals surface area contributed by atoms with Crippen molar-refractivity contribution in [2.75, 3.05) is 0 Å². The van der Waals surface area contributed by atoms with Crippen molar-refractivity contribution >= 4 is 15.6 Å². The van der Waals surface area contributed by atoms with E-state index in [1.165, 1.54) is 23.4 Å². The van der Waals surface area contributed by atoms with E-state index in [1.54, 1.807) is 18.2 Å². The standard InChI is InChI=1S/C26H22NO5S/c1-26(2)18-8-4-5-9-19(18)27-14-13-16(15-23(26)27)25-20(31-32-25)11-12-22-24(28)17-7-3-6-10-21(17)33(22,29)30/h3-10,12-15,20,25H,11H2,1-2H3/q+1. The molecule has 3 aromatic rings. The second kappa shape index (κ2) is 6.93. The summed E-state index contributed by atoms with van der Waals surface area (Å²) in [6.45, 7) is 4.39. The molecule has 1 aromatic heterocycles. The van der Waals surface area contributed by atoms with Crippen LogP contribution in [-0.4, -0.2) is 20.3 Å². The molecule has 1 fully saturated rings. The van der Waals surface area contributed by atoms with Gasteiger partial charge in [-0.3, -0.25) is 4.79 Å². The van der Waals surface area contributed by atoms with E-state index in [9.17, 15) is 13.2 Å². The van der Waals surface area contributed by atoms with Crippen LogP contribution in [0.15, 0.2) is 82.7 Å². The normalized spacial score (nSPS) is 24.8. The summed E-state index contributed by atoms with van der Waals surface area (Å²) in [6, 6.07) is 18.8. The van der Waals surface area contributed by atoms with Gasteiger partial charge in [-0.2, -0.15) is 4.57 Å². The Morgan fingerprint density at radius 2 is 1.79 bits per heavy atom. The Kier molecular flexibility index (Phi) is 4.30. The van der Waals surface area contributed by atoms with Gasteiger partial charge in [-0.25, -0.2) is 18.2 Å². The Balaban J connectivity index is 1.28. The van der Waals surface area contributed by atoms with Crippen LogP contribution in [0.5, 0.6) is 0 Å². The molecule has 7 heteroatoms. The third-order valence-electron chi connectivity index (χ3n) is 6.88. The van der Waals surface area contributed by atoms with E-state index in [2.05, 4.69) is 42.7 Å². The van der Waals surface area contributed by atoms with Gasteiger partial charge in [-0.05, 0) is 38.0 Å². The molecule has 3 aliphatic heterocycles. The largest absolute Gasteiger partial charge is 0.288 e. The van der Waals surface area contributed by atoms with E-state index in [0.29, 0.717) is 0 Å². The maximum absolute atomic E-state index is 12.8. The van der Waals surface area contributed by atoms with Crippen molar-refractivity contribution in [2.45, 2.75) is 42.8 Å². The second-order valence-electron chi connectivity index (χ2n) is 9.14. The average molecular weight is 461 g/mol. The van der Waals surface area contributed by atoms with E-state index in [4.69, 9.17) is 9.78 Å². The number of allylic oxidation sites excluding steroid dienone is 1. The smallest absolute Gasteiger partial charge is 0.215 e. The molecule has 0 radical (unpaired) electrons. The van der Waals surface area contributed by atoms with Crippen LogP contribution >= 0.6 is 0 Å². The van der Waals surface area contributed by atoms with Crippen LogP contribution in [0.3, 0.4) is 0 Å². The summed E-state index contributed by atoms with van der Waals surface area (Å²) in [4.78, 5) is 23.3. The Labute approximate surface area is 191 Å². The molecule has 0 aliphatic carbocycles. The van der Waals surface area contributed by atoms with E-state index in [-0.39, 0.29) is 39.4 Å². The van der Waals surface area contributed by atoms with Crippen LogP contribution in [0.2, 0.25) is 0 Å². The maximum atomic E-state index is 12.8. The Hall–Kier alpha value is -3.13. The fourth-order valence-electron chi connectivity index (χ4n) is 5.05. The summed E-state index contributed by atoms with van der Waals surface area (Å²) in [5.41, 5.74) is 4.60. The molecule has 6 rings (SSSR count). The van der Waals surface area contributed by atoms with Gasteiger partial charge in [0.2, 0.25) is 21.3 Å². The summed E-state index contributed by atoms with van der Waals surface area (Å²) in [5, 5.41) is 0. The predicted octanol–water partition coefficient (Wildman–Crippen LogP) is 3.92. The van der Waals surface area contributed by atoms with Gasteiger partial charge in [-0.15, -0.1) is 0 Å². The molecule has 3 aliphatic rings. The number of nitrogens with zero attached hydrogens (tertiary/aromatic N) is 1. The number of Topliss-reactive ketones (excluding diaryl/α,β-unsaturated/α-hetero) is 1. The number of hydrogen-bond donors (Lipinski definition) is 0. The number of para-hydroxylation sites is 1. The summed E-state index contributed by atoms with van der Waals surface area (Å²) in [6.07, 6.45) is 3.05. The molecule has 0 spiro atoms. The van der Waals surface area contributed by atoms with Gasteiger partial charge < -0.3 is 0 Å². The number of ketones is 1. The van der Waals surface area contributed by atoms with Crippen LogP contribution in [0.4, 0.5) is 0 Å². The minimum absolute atomic E-state index is 0.0704. The number of carbonyl (C=O) groups excluding carboxylic acids is 1. The molecule has 0 amide bonds. The van der Waals surface area contributed by atoms with Gasteiger partial charge in [0, 0.05) is 29.3 Å². The summed E-state index contributed by atoms with van der Waals surface area (Å²) >= 11 is 0. The first-order chi connectivity index (χ1) is 15.8. The lowest BCUT2D eigenvalue weighted by atomic mass is 9.82. The van der Waals surface area contributed by atoms with Crippen molar-refractivity contribution in [3.63, 3.8) is 0 Å². The fourth-order valence-corrected chi connectivity index (χ4v) is 6.66. The van der Waals surface area contributed by atoms with Crippen LogP contribution in [0, 0.1) is 0 Å². The van der Waals surface area contributed by atoms with Crippen LogP contribution in [0.25, 0.3) is 5.69 Å². The van der Waals surface area contributed by atoms with Crippen LogP contribution < -0.4 is 4.57 Å². The maximum Gasteiger partial charge on any atom is 0.215 e. The SMILES string of the molecule is CC1(C)c2ccccc2-[n+]2ccc(C3OOC3CC=C3C(=O)c4ccccc4S3(=O)=O)cc21. The first kappa shape index (κ1) is 20.5. The third kappa shape index (κ3) is 2.83. The van der Waals surface area contributed by atoms with E-state index in [1.807, 2.05) is 18.3 Å². The first-order valence-electron chi connectivity index (χ1n) is 10.9. The topological polar surface area (TPSA) is 73.5 Å². The number of sulfone groups is 1. The van der Waals surface area contributed by atoms with Gasteiger partial charge in [0.05, 0.1) is 10.3 Å². The lowest BCUT2D eigenvalue weighted by Crippen LogP contribution is -2.38. The molecule has 0 bridgehead atoms. The van der Waals surface area contributed by atoms with Crippen LogP contribution in [0.1, 0.15) is 53.6 Å². The first-order valence-corrected chi connectivity index (χ1v) is 12.4. The molecule has 166 valence electrons. The summed E-state index contributed by atoms with van der Waals surface area (Å²) < 4.78 is 27.8. The molecular weight excluding hydrogens is 438 g/mol. The molecule has 1 saturated heterocycles. The van der Waals surface area contributed by atoms with Crippen molar-refractivity contribution in [1.29, 1.82) is 0 Å². The predicted molar refractivity (Wildman–Crippen MR) is 119 cm³/mol. The quantitative estimate of drug-likeness (QED) is 0.337. The Morgan fingerprint density at radius 1 is 1.03 bits per heavy atom. The fraction of sp³-hybridized carbons (Fsp3) is 0.231. The molecule has 4 heterocycles. The molecule has 6 nitrogen and oxygen atoms in total. The molecule has 33 heavy (non-hydrogen) atoms. The van der Waals surface area contributed by atoms with Crippen molar-refractivity contribution in [1.82, 2.24) is 0 Å². The minimum Gasteiger partial charge on any atom is -0.288 e. The number of pyridine rings is 1. The summed E-state index contributed by atoms with van der Waals surface area (Å²) in [5.74, 6) is -0.462. The number of fused-ring (bicyclic) bond motifs is 4. The molecule has 0 saturated carbocycles. The molecule has 2 atom stereocenters. The van der Waals surface area contributed by atoms with E-state index in [0.717, 1.165) is 11.3 Å². The number of hydrogen-bond acceptors (Lipinski definition) is 5. The van der Waals surface area contributed by atoms with Crippen molar-refractivity contribution < 1.29 is 27.6 Å². The minimum atomic E-state index is -3.80. The third-order valence-corrected chi connectivity index (χ3v) is 8.74. The number of rotatable bonds is 3. The number of benzene rings is 2. The Morgan fingerprint density at radius 3 is 2.55 bits per heavy atom. The molecule has 0 N–H and O–H groups in total. The zero-order valence-electron chi connectivity index (χ0n) is 18.2. The highest BCUT2D eigenvalue weighted by atomic mass is 32.2. The highest BCUT2D eigenvalue weighted by molar-refractivity contribution is 7.97. The van der Waals surface area contributed by atoms with Gasteiger partial charge >= 0.3 is 0 Å². The number of carbonyl (C=O) groups is 1.